The molecular weight excluding hydrogens is 210 g/mol. The Labute approximate surface area is 105 Å². The van der Waals surface area contributed by atoms with Crippen LogP contribution in [-0.4, -0.2) is 32.1 Å². The fourth-order valence-electron chi connectivity index (χ4n) is 2.07. The highest BCUT2D eigenvalue weighted by atomic mass is 15.1. The molecule has 0 saturated carbocycles. The smallest absolute Gasteiger partial charge is 0.0576 e. The molecule has 0 aliphatic carbocycles. The van der Waals surface area contributed by atoms with Crippen molar-refractivity contribution >= 4 is 11.4 Å². The summed E-state index contributed by atoms with van der Waals surface area (Å²) in [6, 6.07) is 6.09. The second-order valence-corrected chi connectivity index (χ2v) is 5.85. The van der Waals surface area contributed by atoms with Crippen LogP contribution in [0.25, 0.3) is 0 Å². The van der Waals surface area contributed by atoms with Crippen molar-refractivity contribution < 1.29 is 0 Å². The maximum absolute atomic E-state index is 5.95. The van der Waals surface area contributed by atoms with Gasteiger partial charge in [0, 0.05) is 13.1 Å². The number of hydrogen-bond acceptors (Lipinski definition) is 3. The molecule has 0 spiro atoms. The summed E-state index contributed by atoms with van der Waals surface area (Å²) in [6.07, 6.45) is 0. The Bertz CT molecular complexity index is 370. The predicted molar refractivity (Wildman–Crippen MR) is 76.4 cm³/mol. The van der Waals surface area contributed by atoms with Gasteiger partial charge in [0.2, 0.25) is 0 Å². The molecule has 0 aliphatic heterocycles. The summed E-state index contributed by atoms with van der Waals surface area (Å²) in [6.45, 7) is 8.55. The van der Waals surface area contributed by atoms with Gasteiger partial charge in [0.25, 0.3) is 0 Å². The van der Waals surface area contributed by atoms with Gasteiger partial charge in [-0.05, 0) is 44.1 Å². The van der Waals surface area contributed by atoms with E-state index in [1.807, 2.05) is 12.1 Å². The number of anilines is 2. The Morgan fingerprint density at radius 2 is 1.94 bits per heavy atom. The highest BCUT2D eigenvalue weighted by Gasteiger charge is 2.18. The van der Waals surface area contributed by atoms with Gasteiger partial charge < -0.3 is 16.0 Å². The van der Waals surface area contributed by atoms with Gasteiger partial charge in [-0.3, -0.25) is 0 Å². The van der Waals surface area contributed by atoms with Crippen molar-refractivity contribution in [2.75, 3.05) is 38.2 Å². The summed E-state index contributed by atoms with van der Waals surface area (Å²) >= 11 is 0. The summed E-state index contributed by atoms with van der Waals surface area (Å²) in [7, 11) is 4.20. The summed E-state index contributed by atoms with van der Waals surface area (Å²) in [5.74, 6) is 0. The first-order chi connectivity index (χ1) is 7.80. The first kappa shape index (κ1) is 13.8. The molecule has 0 saturated heterocycles. The van der Waals surface area contributed by atoms with E-state index in [-0.39, 0.29) is 5.41 Å². The summed E-state index contributed by atoms with van der Waals surface area (Å²) in [5, 5.41) is 3.45. The fraction of sp³-hybridized carbons (Fsp3) is 0.571. The van der Waals surface area contributed by atoms with Gasteiger partial charge in [0.1, 0.15) is 0 Å². The number of aryl methyl sites for hydroxylation is 1. The van der Waals surface area contributed by atoms with Crippen LogP contribution >= 0.6 is 0 Å². The van der Waals surface area contributed by atoms with Gasteiger partial charge >= 0.3 is 0 Å². The van der Waals surface area contributed by atoms with Gasteiger partial charge in [-0.1, -0.05) is 19.9 Å². The SMILES string of the molecule is Cc1ccc(N)c(NCC(C)(C)CN(C)C)c1. The molecule has 1 aromatic rings. The molecule has 0 aromatic heterocycles. The largest absolute Gasteiger partial charge is 0.397 e. The molecule has 1 aromatic carbocycles. The molecule has 0 amide bonds. The fourth-order valence-corrected chi connectivity index (χ4v) is 2.07. The van der Waals surface area contributed by atoms with Crippen molar-refractivity contribution in [2.45, 2.75) is 20.8 Å². The van der Waals surface area contributed by atoms with Crippen LogP contribution in [0.3, 0.4) is 0 Å². The highest BCUT2D eigenvalue weighted by molar-refractivity contribution is 5.66. The lowest BCUT2D eigenvalue weighted by Gasteiger charge is -2.29. The molecular formula is C14H25N3. The van der Waals surface area contributed by atoms with Crippen molar-refractivity contribution in [1.82, 2.24) is 4.90 Å². The molecule has 3 N–H and O–H groups in total. The van der Waals surface area contributed by atoms with Crippen LogP contribution in [0.2, 0.25) is 0 Å². The third-order valence-corrected chi connectivity index (χ3v) is 2.71. The van der Waals surface area contributed by atoms with Gasteiger partial charge in [-0.15, -0.1) is 0 Å². The van der Waals surface area contributed by atoms with Gasteiger partial charge in [0.05, 0.1) is 11.4 Å². The molecule has 0 fully saturated rings. The van der Waals surface area contributed by atoms with E-state index >= 15 is 0 Å². The molecule has 3 nitrogen and oxygen atoms in total. The monoisotopic (exact) mass is 235 g/mol. The van der Waals surface area contributed by atoms with Crippen LogP contribution in [-0.2, 0) is 0 Å². The van der Waals surface area contributed by atoms with E-state index in [9.17, 15) is 0 Å². The first-order valence-electron chi connectivity index (χ1n) is 6.05. The van der Waals surface area contributed by atoms with Crippen LogP contribution in [0.5, 0.6) is 0 Å². The number of benzene rings is 1. The zero-order chi connectivity index (χ0) is 13.1. The van der Waals surface area contributed by atoms with Crippen LogP contribution in [0, 0.1) is 12.3 Å². The van der Waals surface area contributed by atoms with E-state index in [4.69, 9.17) is 5.73 Å². The average Bonchev–Trinajstić information content (AvgIpc) is 2.17. The molecule has 0 radical (unpaired) electrons. The van der Waals surface area contributed by atoms with E-state index < -0.39 is 0 Å². The zero-order valence-corrected chi connectivity index (χ0v) is 11.7. The number of hydrogen-bond donors (Lipinski definition) is 2. The average molecular weight is 235 g/mol. The summed E-state index contributed by atoms with van der Waals surface area (Å²) in [5.41, 5.74) is 9.25. The molecule has 0 atom stereocenters. The molecule has 0 heterocycles. The molecule has 96 valence electrons. The van der Waals surface area contributed by atoms with Crippen LogP contribution in [0.1, 0.15) is 19.4 Å². The molecule has 1 rings (SSSR count). The second-order valence-electron chi connectivity index (χ2n) is 5.85. The van der Waals surface area contributed by atoms with Gasteiger partial charge in [-0.2, -0.15) is 0 Å². The Morgan fingerprint density at radius 3 is 2.53 bits per heavy atom. The van der Waals surface area contributed by atoms with E-state index in [1.165, 1.54) is 5.56 Å². The molecule has 0 bridgehead atoms. The maximum Gasteiger partial charge on any atom is 0.0576 e. The van der Waals surface area contributed by atoms with E-state index in [0.717, 1.165) is 24.5 Å². The topological polar surface area (TPSA) is 41.3 Å². The first-order valence-corrected chi connectivity index (χ1v) is 6.05. The maximum atomic E-state index is 5.95. The molecule has 17 heavy (non-hydrogen) atoms. The van der Waals surface area contributed by atoms with E-state index in [0.29, 0.717) is 0 Å². The Kier molecular flexibility index (Phi) is 4.40. The van der Waals surface area contributed by atoms with Crippen molar-refractivity contribution in [3.63, 3.8) is 0 Å². The lowest BCUT2D eigenvalue weighted by atomic mass is 9.93. The zero-order valence-electron chi connectivity index (χ0n) is 11.7. The van der Waals surface area contributed by atoms with E-state index in [2.05, 4.69) is 51.1 Å². The van der Waals surface area contributed by atoms with Crippen molar-refractivity contribution in [1.29, 1.82) is 0 Å². The standard InChI is InChI=1S/C14H25N3/c1-11-6-7-12(15)13(8-11)16-9-14(2,3)10-17(4)5/h6-8,16H,9-10,15H2,1-5H3. The van der Waals surface area contributed by atoms with Crippen LogP contribution in [0.15, 0.2) is 18.2 Å². The Balaban J connectivity index is 2.63. The minimum Gasteiger partial charge on any atom is -0.397 e. The van der Waals surface area contributed by atoms with Crippen LogP contribution < -0.4 is 11.1 Å². The third kappa shape index (κ3) is 4.65. The molecule has 0 unspecified atom stereocenters. The Hall–Kier alpha value is -1.22. The summed E-state index contributed by atoms with van der Waals surface area (Å²) < 4.78 is 0. The lowest BCUT2D eigenvalue weighted by Crippen LogP contribution is -2.34. The predicted octanol–water partition coefficient (Wildman–Crippen LogP) is 2.58. The molecule has 0 aliphatic rings. The van der Waals surface area contributed by atoms with Crippen LogP contribution in [0.4, 0.5) is 11.4 Å². The van der Waals surface area contributed by atoms with Crippen molar-refractivity contribution in [2.24, 2.45) is 5.41 Å². The van der Waals surface area contributed by atoms with Crippen molar-refractivity contribution in [3.8, 4) is 0 Å². The Morgan fingerprint density at radius 1 is 1.29 bits per heavy atom. The number of nitrogens with one attached hydrogen (secondary N) is 1. The minimum absolute atomic E-state index is 0.222. The quantitative estimate of drug-likeness (QED) is 0.771. The number of nitrogens with two attached hydrogens (primary N) is 1. The number of nitrogens with zero attached hydrogens (tertiary/aromatic N) is 1. The molecule has 3 heteroatoms. The number of nitrogen functional groups attached to an aromatic ring is 1. The van der Waals surface area contributed by atoms with Gasteiger partial charge in [0.15, 0.2) is 0 Å². The van der Waals surface area contributed by atoms with Gasteiger partial charge in [-0.25, -0.2) is 0 Å². The highest BCUT2D eigenvalue weighted by Crippen LogP contribution is 2.23. The van der Waals surface area contributed by atoms with Crippen molar-refractivity contribution in [3.05, 3.63) is 23.8 Å². The third-order valence-electron chi connectivity index (χ3n) is 2.71. The number of rotatable bonds is 5. The lowest BCUT2D eigenvalue weighted by molar-refractivity contribution is 0.254. The van der Waals surface area contributed by atoms with E-state index in [1.54, 1.807) is 0 Å². The second kappa shape index (κ2) is 5.41. The summed E-state index contributed by atoms with van der Waals surface area (Å²) in [4.78, 5) is 2.21. The minimum atomic E-state index is 0.222. The normalized spacial score (nSPS) is 11.9.